The lowest BCUT2D eigenvalue weighted by Crippen LogP contribution is -2.46. The van der Waals surface area contributed by atoms with Crippen molar-refractivity contribution in [2.45, 2.75) is 45.1 Å². The Hall–Kier alpha value is -1.84. The van der Waals surface area contributed by atoms with Crippen LogP contribution in [0.15, 0.2) is 18.2 Å². The molecule has 3 rings (SSSR count). The maximum Gasteiger partial charge on any atom is 0.306 e. The van der Waals surface area contributed by atoms with Gasteiger partial charge in [-0.2, -0.15) is 0 Å². The summed E-state index contributed by atoms with van der Waals surface area (Å²) < 4.78 is 0. The van der Waals surface area contributed by atoms with E-state index < -0.39 is 5.97 Å². The summed E-state index contributed by atoms with van der Waals surface area (Å²) in [7, 11) is 0. The number of hydrogen-bond donors (Lipinski definition) is 1. The number of fused-ring (bicyclic) bond motifs is 1. The minimum atomic E-state index is -0.744. The van der Waals surface area contributed by atoms with Crippen molar-refractivity contribution in [3.63, 3.8) is 0 Å². The summed E-state index contributed by atoms with van der Waals surface area (Å²) in [6.45, 7) is 2.48. The first-order chi connectivity index (χ1) is 10.1. The van der Waals surface area contributed by atoms with E-state index in [0.717, 1.165) is 18.4 Å². The molecule has 21 heavy (non-hydrogen) atoms. The van der Waals surface area contributed by atoms with Crippen molar-refractivity contribution in [2.24, 2.45) is 5.92 Å². The van der Waals surface area contributed by atoms with Crippen molar-refractivity contribution >= 4 is 11.9 Å². The highest BCUT2D eigenvalue weighted by atomic mass is 16.4. The molecular weight excluding hydrogens is 266 g/mol. The number of carbonyl (C=O) groups is 2. The zero-order valence-corrected chi connectivity index (χ0v) is 12.3. The second-order valence-corrected chi connectivity index (χ2v) is 6.24. The lowest BCUT2D eigenvalue weighted by atomic mass is 9.91. The van der Waals surface area contributed by atoms with Crippen LogP contribution in [0.3, 0.4) is 0 Å². The Bertz CT molecular complexity index is 581. The Morgan fingerprint density at radius 3 is 2.71 bits per heavy atom. The fraction of sp³-hybridized carbons (Fsp3) is 0.529. The van der Waals surface area contributed by atoms with Crippen molar-refractivity contribution in [2.75, 3.05) is 6.54 Å². The fourth-order valence-electron chi connectivity index (χ4n) is 3.57. The van der Waals surface area contributed by atoms with Gasteiger partial charge in [-0.05, 0) is 62.3 Å². The third-order valence-corrected chi connectivity index (χ3v) is 4.83. The van der Waals surface area contributed by atoms with E-state index >= 15 is 0 Å². The molecule has 1 aliphatic heterocycles. The number of hydrogen-bond acceptors (Lipinski definition) is 2. The molecular formula is C17H21NO3. The molecule has 4 nitrogen and oxygen atoms in total. The van der Waals surface area contributed by atoms with Gasteiger partial charge >= 0.3 is 5.97 Å². The smallest absolute Gasteiger partial charge is 0.306 e. The van der Waals surface area contributed by atoms with Crippen molar-refractivity contribution < 1.29 is 14.7 Å². The Morgan fingerprint density at radius 2 is 2.00 bits per heavy atom. The molecule has 0 saturated carbocycles. The SMILES string of the molecule is CC1CC(C(=O)O)CCN1C(=O)c1ccc2c(c1)CCC2. The summed E-state index contributed by atoms with van der Waals surface area (Å²) >= 11 is 0. The van der Waals surface area contributed by atoms with E-state index in [1.54, 1.807) is 0 Å². The van der Waals surface area contributed by atoms with Crippen LogP contribution in [0, 0.1) is 5.92 Å². The van der Waals surface area contributed by atoms with Gasteiger partial charge in [-0.15, -0.1) is 0 Å². The molecule has 112 valence electrons. The van der Waals surface area contributed by atoms with E-state index in [1.165, 1.54) is 17.5 Å². The summed E-state index contributed by atoms with van der Waals surface area (Å²) in [5.74, 6) is -1.02. The molecule has 1 N–H and O–H groups in total. The second-order valence-electron chi connectivity index (χ2n) is 6.24. The van der Waals surface area contributed by atoms with Gasteiger partial charge in [0.05, 0.1) is 5.92 Å². The first kappa shape index (κ1) is 14.1. The molecule has 1 saturated heterocycles. The molecule has 2 aliphatic rings. The van der Waals surface area contributed by atoms with Crippen LogP contribution in [0.25, 0.3) is 0 Å². The van der Waals surface area contributed by atoms with Gasteiger partial charge in [0.2, 0.25) is 0 Å². The van der Waals surface area contributed by atoms with Crippen molar-refractivity contribution in [3.05, 3.63) is 34.9 Å². The van der Waals surface area contributed by atoms with Crippen LogP contribution in [0.4, 0.5) is 0 Å². The van der Waals surface area contributed by atoms with Gasteiger partial charge in [-0.3, -0.25) is 9.59 Å². The highest BCUT2D eigenvalue weighted by Crippen LogP contribution is 2.27. The summed E-state index contributed by atoms with van der Waals surface area (Å²) in [4.78, 5) is 25.6. The third kappa shape index (κ3) is 2.67. The maximum atomic E-state index is 12.7. The number of nitrogens with zero attached hydrogens (tertiary/aromatic N) is 1. The van der Waals surface area contributed by atoms with Crippen molar-refractivity contribution in [3.8, 4) is 0 Å². The van der Waals surface area contributed by atoms with Crippen molar-refractivity contribution in [1.29, 1.82) is 0 Å². The highest BCUT2D eigenvalue weighted by Gasteiger charge is 2.32. The maximum absolute atomic E-state index is 12.7. The minimum absolute atomic E-state index is 0.0133. The lowest BCUT2D eigenvalue weighted by Gasteiger charge is -2.36. The fourth-order valence-corrected chi connectivity index (χ4v) is 3.57. The van der Waals surface area contributed by atoms with Crippen LogP contribution < -0.4 is 0 Å². The highest BCUT2D eigenvalue weighted by molar-refractivity contribution is 5.95. The van der Waals surface area contributed by atoms with E-state index in [2.05, 4.69) is 6.07 Å². The van der Waals surface area contributed by atoms with E-state index in [4.69, 9.17) is 5.11 Å². The number of aryl methyl sites for hydroxylation is 2. The summed E-state index contributed by atoms with van der Waals surface area (Å²) in [5.41, 5.74) is 3.41. The van der Waals surface area contributed by atoms with E-state index in [1.807, 2.05) is 24.0 Å². The average molecular weight is 287 g/mol. The number of carboxylic acids is 1. The van der Waals surface area contributed by atoms with Crippen LogP contribution in [-0.2, 0) is 17.6 Å². The predicted octanol–water partition coefficient (Wildman–Crippen LogP) is 2.50. The average Bonchev–Trinajstić information content (AvgIpc) is 2.93. The zero-order valence-electron chi connectivity index (χ0n) is 12.3. The first-order valence-corrected chi connectivity index (χ1v) is 7.72. The summed E-state index contributed by atoms with van der Waals surface area (Å²) in [6.07, 6.45) is 4.45. The normalized spacial score (nSPS) is 24.7. The molecule has 0 aromatic heterocycles. The van der Waals surface area contributed by atoms with Gasteiger partial charge < -0.3 is 10.0 Å². The number of carboxylic acid groups (broad SMARTS) is 1. The Balaban J connectivity index is 1.75. The summed E-state index contributed by atoms with van der Waals surface area (Å²) in [5, 5.41) is 9.10. The van der Waals surface area contributed by atoms with Crippen LogP contribution in [0.5, 0.6) is 0 Å². The molecule has 1 amide bonds. The third-order valence-electron chi connectivity index (χ3n) is 4.83. The molecule has 1 heterocycles. The van der Waals surface area contributed by atoms with Gasteiger partial charge in [-0.25, -0.2) is 0 Å². The Labute approximate surface area is 124 Å². The van der Waals surface area contributed by atoms with Crippen LogP contribution in [0.2, 0.25) is 0 Å². The number of carbonyl (C=O) groups excluding carboxylic acids is 1. The molecule has 1 aromatic carbocycles. The number of piperidine rings is 1. The van der Waals surface area contributed by atoms with Gasteiger partial charge in [0, 0.05) is 18.2 Å². The molecule has 1 aliphatic carbocycles. The lowest BCUT2D eigenvalue weighted by molar-refractivity contribution is -0.143. The number of benzene rings is 1. The first-order valence-electron chi connectivity index (χ1n) is 7.72. The minimum Gasteiger partial charge on any atom is -0.481 e. The molecule has 0 bridgehead atoms. The van der Waals surface area contributed by atoms with Gasteiger partial charge in [0.25, 0.3) is 5.91 Å². The second kappa shape index (κ2) is 5.51. The van der Waals surface area contributed by atoms with E-state index in [9.17, 15) is 9.59 Å². The monoisotopic (exact) mass is 287 g/mol. The molecule has 1 fully saturated rings. The Kier molecular flexibility index (Phi) is 3.70. The number of likely N-dealkylation sites (tertiary alicyclic amines) is 1. The molecule has 2 atom stereocenters. The van der Waals surface area contributed by atoms with Crippen LogP contribution in [0.1, 0.15) is 47.7 Å². The number of rotatable bonds is 2. The van der Waals surface area contributed by atoms with Crippen molar-refractivity contribution in [1.82, 2.24) is 4.90 Å². The van der Waals surface area contributed by atoms with Gasteiger partial charge in [-0.1, -0.05) is 6.07 Å². The zero-order chi connectivity index (χ0) is 15.0. The van der Waals surface area contributed by atoms with E-state index in [0.29, 0.717) is 19.4 Å². The van der Waals surface area contributed by atoms with Crippen LogP contribution in [-0.4, -0.2) is 34.5 Å². The number of aliphatic carboxylic acids is 1. The molecule has 1 aromatic rings. The molecule has 0 spiro atoms. The number of amides is 1. The predicted molar refractivity (Wildman–Crippen MR) is 79.3 cm³/mol. The quantitative estimate of drug-likeness (QED) is 0.909. The molecule has 2 unspecified atom stereocenters. The molecule has 0 radical (unpaired) electrons. The van der Waals surface area contributed by atoms with Gasteiger partial charge in [0.1, 0.15) is 0 Å². The van der Waals surface area contributed by atoms with Gasteiger partial charge in [0.15, 0.2) is 0 Å². The standard InChI is InChI=1S/C17H21NO3/c1-11-9-15(17(20)21)7-8-18(11)16(19)14-6-5-12-3-2-4-13(12)10-14/h5-6,10-11,15H,2-4,7-9H2,1H3,(H,20,21). The Morgan fingerprint density at radius 1 is 1.24 bits per heavy atom. The summed E-state index contributed by atoms with van der Waals surface area (Å²) in [6, 6.07) is 6.01. The van der Waals surface area contributed by atoms with Crippen LogP contribution >= 0.6 is 0 Å². The largest absolute Gasteiger partial charge is 0.481 e. The van der Waals surface area contributed by atoms with E-state index in [-0.39, 0.29) is 17.9 Å². The topological polar surface area (TPSA) is 57.6 Å². The molecule has 4 heteroatoms.